The van der Waals surface area contributed by atoms with Gasteiger partial charge in [-0.3, -0.25) is 4.57 Å². The topological polar surface area (TPSA) is 170 Å². The number of nitrogens with zero attached hydrogens (tertiary/aromatic N) is 4. The number of aliphatic hydroxyl groups is 3. The SMILES string of the molecule is COCCOc1cccc(-c2ccc(CNc3nc4c(N)ncnc4n3[C@@H]3O[C@H](CO)[C@@H](O)[C@H]3O)cc2)c1. The predicted molar refractivity (Wildman–Crippen MR) is 139 cm³/mol. The first-order valence-corrected chi connectivity index (χ1v) is 12.2. The maximum Gasteiger partial charge on any atom is 0.207 e. The van der Waals surface area contributed by atoms with E-state index >= 15 is 0 Å². The maximum atomic E-state index is 10.6. The molecular formula is C26H30N6O6. The normalized spacial score (nSPS) is 21.2. The molecule has 4 aromatic rings. The minimum Gasteiger partial charge on any atom is -0.491 e. The van der Waals surface area contributed by atoms with Crippen LogP contribution in [-0.2, 0) is 16.0 Å². The van der Waals surface area contributed by atoms with Crippen LogP contribution in [0.4, 0.5) is 11.8 Å². The first-order chi connectivity index (χ1) is 18.5. The molecule has 3 heterocycles. The summed E-state index contributed by atoms with van der Waals surface area (Å²) >= 11 is 0. The Morgan fingerprint density at radius 2 is 1.87 bits per heavy atom. The van der Waals surface area contributed by atoms with Gasteiger partial charge in [0.2, 0.25) is 5.95 Å². The molecule has 5 rings (SSSR count). The Labute approximate surface area is 218 Å². The Morgan fingerprint density at radius 1 is 1.05 bits per heavy atom. The number of benzene rings is 2. The first-order valence-electron chi connectivity index (χ1n) is 12.2. The molecule has 1 saturated heterocycles. The molecule has 200 valence electrons. The van der Waals surface area contributed by atoms with Crippen LogP contribution < -0.4 is 15.8 Å². The molecule has 0 amide bonds. The number of imidazole rings is 1. The van der Waals surface area contributed by atoms with Gasteiger partial charge < -0.3 is 40.6 Å². The van der Waals surface area contributed by atoms with E-state index in [4.69, 9.17) is 19.9 Å². The van der Waals surface area contributed by atoms with Crippen molar-refractivity contribution in [3.05, 3.63) is 60.4 Å². The number of aromatic nitrogens is 4. The zero-order valence-corrected chi connectivity index (χ0v) is 20.8. The van der Waals surface area contributed by atoms with Gasteiger partial charge in [0.05, 0.1) is 13.2 Å². The Balaban J connectivity index is 1.35. The van der Waals surface area contributed by atoms with Crippen LogP contribution in [-0.4, -0.2) is 80.1 Å². The quantitative estimate of drug-likeness (QED) is 0.190. The van der Waals surface area contributed by atoms with E-state index in [1.807, 2.05) is 48.5 Å². The maximum absolute atomic E-state index is 10.6. The first kappa shape index (κ1) is 25.8. The second kappa shape index (κ2) is 11.3. The molecule has 4 atom stereocenters. The number of rotatable bonds is 10. The summed E-state index contributed by atoms with van der Waals surface area (Å²) < 4.78 is 18.0. The van der Waals surface area contributed by atoms with Crippen molar-refractivity contribution in [3.63, 3.8) is 0 Å². The summed E-state index contributed by atoms with van der Waals surface area (Å²) in [6.07, 6.45) is -3.28. The summed E-state index contributed by atoms with van der Waals surface area (Å²) in [7, 11) is 1.64. The minimum atomic E-state index is -1.31. The van der Waals surface area contributed by atoms with Crippen molar-refractivity contribution < 1.29 is 29.5 Å². The van der Waals surface area contributed by atoms with Crippen LogP contribution in [0.2, 0.25) is 0 Å². The fourth-order valence-electron chi connectivity index (χ4n) is 4.39. The molecular weight excluding hydrogens is 492 g/mol. The average Bonchev–Trinajstić information content (AvgIpc) is 3.45. The molecule has 0 bridgehead atoms. The van der Waals surface area contributed by atoms with E-state index in [0.717, 1.165) is 22.4 Å². The van der Waals surface area contributed by atoms with Gasteiger partial charge in [-0.25, -0.2) is 15.0 Å². The van der Waals surface area contributed by atoms with E-state index in [1.54, 1.807) is 7.11 Å². The van der Waals surface area contributed by atoms with Crippen molar-refractivity contribution in [2.24, 2.45) is 0 Å². The van der Waals surface area contributed by atoms with Crippen molar-refractivity contribution in [3.8, 4) is 16.9 Å². The average molecular weight is 523 g/mol. The highest BCUT2D eigenvalue weighted by Gasteiger charge is 2.45. The van der Waals surface area contributed by atoms with Crippen molar-refractivity contribution in [1.29, 1.82) is 0 Å². The number of nitrogen functional groups attached to an aromatic ring is 1. The minimum absolute atomic E-state index is 0.168. The van der Waals surface area contributed by atoms with Crippen LogP contribution >= 0.6 is 0 Å². The molecule has 6 N–H and O–H groups in total. The molecule has 0 spiro atoms. The number of anilines is 2. The van der Waals surface area contributed by atoms with Gasteiger partial charge >= 0.3 is 0 Å². The molecule has 1 aliphatic heterocycles. The summed E-state index contributed by atoms with van der Waals surface area (Å²) in [5, 5.41) is 33.7. The summed E-state index contributed by atoms with van der Waals surface area (Å²) in [6.45, 7) is 0.949. The fraction of sp³-hybridized carbons (Fsp3) is 0.346. The van der Waals surface area contributed by atoms with Crippen LogP contribution in [0.1, 0.15) is 11.8 Å². The zero-order chi connectivity index (χ0) is 26.6. The van der Waals surface area contributed by atoms with E-state index in [1.165, 1.54) is 10.9 Å². The van der Waals surface area contributed by atoms with E-state index < -0.39 is 31.1 Å². The van der Waals surface area contributed by atoms with Gasteiger partial charge in [0, 0.05) is 13.7 Å². The molecule has 2 aromatic heterocycles. The lowest BCUT2D eigenvalue weighted by molar-refractivity contribution is -0.0501. The van der Waals surface area contributed by atoms with Gasteiger partial charge in [0.25, 0.3) is 0 Å². The Bertz CT molecular complexity index is 1380. The summed E-state index contributed by atoms with van der Waals surface area (Å²) in [5.41, 5.74) is 9.71. The number of nitrogens with two attached hydrogens (primary N) is 1. The lowest BCUT2D eigenvalue weighted by Crippen LogP contribution is -2.33. The van der Waals surface area contributed by atoms with Crippen molar-refractivity contribution in [1.82, 2.24) is 19.5 Å². The zero-order valence-electron chi connectivity index (χ0n) is 20.8. The number of fused-ring (bicyclic) bond motifs is 1. The number of aliphatic hydroxyl groups excluding tert-OH is 3. The molecule has 12 nitrogen and oxygen atoms in total. The standard InChI is InChI=1S/C26H30N6O6/c1-36-9-10-37-18-4-2-3-17(11-18)16-7-5-15(6-8-16)12-28-26-31-20-23(27)29-14-30-24(20)32(26)25-22(35)21(34)19(13-33)38-25/h2-8,11,14,19,21-22,25,33-35H,9-10,12-13H2,1H3,(H,28,31)(H2,27,29,30)/t19-,21-,22-,25-/m1/s1. The van der Waals surface area contributed by atoms with Crippen molar-refractivity contribution >= 4 is 22.9 Å². The van der Waals surface area contributed by atoms with Gasteiger partial charge in [-0.15, -0.1) is 0 Å². The van der Waals surface area contributed by atoms with Crippen LogP contribution in [0.5, 0.6) is 5.75 Å². The number of ether oxygens (including phenoxy) is 3. The van der Waals surface area contributed by atoms with E-state index in [0.29, 0.717) is 36.9 Å². The van der Waals surface area contributed by atoms with Crippen LogP contribution in [0, 0.1) is 0 Å². The highest BCUT2D eigenvalue weighted by atomic mass is 16.6. The van der Waals surface area contributed by atoms with Gasteiger partial charge in [0.1, 0.15) is 37.0 Å². The molecule has 2 aromatic carbocycles. The highest BCUT2D eigenvalue weighted by molar-refractivity contribution is 5.84. The van der Waals surface area contributed by atoms with Gasteiger partial charge in [0.15, 0.2) is 23.2 Å². The number of nitrogens with one attached hydrogen (secondary N) is 1. The largest absolute Gasteiger partial charge is 0.491 e. The predicted octanol–water partition coefficient (Wildman–Crippen LogP) is 1.32. The summed E-state index contributed by atoms with van der Waals surface area (Å²) in [6, 6.07) is 15.9. The van der Waals surface area contributed by atoms with Gasteiger partial charge in [-0.1, -0.05) is 36.4 Å². The Hall–Kier alpha value is -3.81. The molecule has 38 heavy (non-hydrogen) atoms. The monoisotopic (exact) mass is 522 g/mol. The number of methoxy groups -OCH3 is 1. The lowest BCUT2D eigenvalue weighted by atomic mass is 10.0. The molecule has 1 aliphatic rings. The molecule has 12 heteroatoms. The molecule has 0 unspecified atom stereocenters. The third kappa shape index (κ3) is 5.12. The molecule has 0 radical (unpaired) electrons. The van der Waals surface area contributed by atoms with Crippen LogP contribution in [0.3, 0.4) is 0 Å². The Kier molecular flexibility index (Phi) is 7.67. The third-order valence-corrected chi connectivity index (χ3v) is 6.41. The fourth-order valence-corrected chi connectivity index (χ4v) is 4.39. The van der Waals surface area contributed by atoms with E-state index in [9.17, 15) is 15.3 Å². The number of hydrogen-bond acceptors (Lipinski definition) is 11. The second-order valence-corrected chi connectivity index (χ2v) is 8.88. The third-order valence-electron chi connectivity index (χ3n) is 6.41. The van der Waals surface area contributed by atoms with Crippen molar-refractivity contribution in [2.45, 2.75) is 31.1 Å². The smallest absolute Gasteiger partial charge is 0.207 e. The van der Waals surface area contributed by atoms with E-state index in [2.05, 4.69) is 20.3 Å². The number of hydrogen-bond donors (Lipinski definition) is 5. The molecule has 0 aliphatic carbocycles. The Morgan fingerprint density at radius 3 is 2.61 bits per heavy atom. The lowest BCUT2D eigenvalue weighted by Gasteiger charge is -2.19. The second-order valence-electron chi connectivity index (χ2n) is 8.88. The highest BCUT2D eigenvalue weighted by Crippen LogP contribution is 2.35. The van der Waals surface area contributed by atoms with Gasteiger partial charge in [-0.2, -0.15) is 0 Å². The summed E-state index contributed by atoms with van der Waals surface area (Å²) in [5.74, 6) is 1.27. The van der Waals surface area contributed by atoms with Crippen molar-refractivity contribution in [2.75, 3.05) is 38.0 Å². The molecule has 0 saturated carbocycles. The van der Waals surface area contributed by atoms with E-state index in [-0.39, 0.29) is 5.82 Å². The van der Waals surface area contributed by atoms with Crippen LogP contribution in [0.25, 0.3) is 22.3 Å². The van der Waals surface area contributed by atoms with Crippen LogP contribution in [0.15, 0.2) is 54.9 Å². The molecule has 1 fully saturated rings. The summed E-state index contributed by atoms with van der Waals surface area (Å²) in [4.78, 5) is 12.8. The van der Waals surface area contributed by atoms with Gasteiger partial charge in [-0.05, 0) is 28.8 Å².